The molecule has 0 aliphatic carbocycles. The smallest absolute Gasteiger partial charge is 0.305 e. The van der Waals surface area contributed by atoms with Gasteiger partial charge in [-0.05, 0) is 57.8 Å². The molecule has 0 rings (SSSR count). The fourth-order valence-corrected chi connectivity index (χ4v) is 8.49. The summed E-state index contributed by atoms with van der Waals surface area (Å²) >= 11 is 0. The van der Waals surface area contributed by atoms with Crippen LogP contribution in [-0.2, 0) is 14.3 Å². The standard InChI is InChI=1S/C56H107NO5/c1-3-5-7-9-11-13-15-17-19-21-26-30-34-38-42-46-50-56(61)62-51-47-43-39-35-31-27-23-22-25-29-33-37-41-45-49-55(60)57-53(52-58)54(59)48-44-40-36-32-28-24-20-18-16-14-12-10-8-6-4-2/h13,15,19,21,53-54,58-59H,3-12,14,16-18,20,22-52H2,1-2H3,(H,57,60)/b15-13-,21-19-. The monoisotopic (exact) mass is 874 g/mol. The van der Waals surface area contributed by atoms with E-state index in [-0.39, 0.29) is 18.5 Å². The number of aliphatic hydroxyl groups is 2. The van der Waals surface area contributed by atoms with Crippen molar-refractivity contribution in [1.82, 2.24) is 5.32 Å². The second-order valence-corrected chi connectivity index (χ2v) is 18.9. The average molecular weight is 874 g/mol. The lowest BCUT2D eigenvalue weighted by molar-refractivity contribution is -0.143. The van der Waals surface area contributed by atoms with Gasteiger partial charge < -0.3 is 20.3 Å². The van der Waals surface area contributed by atoms with Crippen LogP contribution in [0.1, 0.15) is 296 Å². The first-order valence-electron chi connectivity index (χ1n) is 27.6. The van der Waals surface area contributed by atoms with Crippen LogP contribution in [0, 0.1) is 0 Å². The van der Waals surface area contributed by atoms with Crippen molar-refractivity contribution in [2.45, 2.75) is 309 Å². The van der Waals surface area contributed by atoms with Crippen LogP contribution in [0.3, 0.4) is 0 Å². The molecule has 3 N–H and O–H groups in total. The van der Waals surface area contributed by atoms with Crippen molar-refractivity contribution in [2.75, 3.05) is 13.2 Å². The molecule has 0 fully saturated rings. The number of unbranched alkanes of at least 4 members (excludes halogenated alkanes) is 36. The summed E-state index contributed by atoms with van der Waals surface area (Å²) in [7, 11) is 0. The maximum absolute atomic E-state index is 12.5. The highest BCUT2D eigenvalue weighted by Crippen LogP contribution is 2.17. The number of hydrogen-bond acceptors (Lipinski definition) is 5. The first kappa shape index (κ1) is 60.3. The minimum atomic E-state index is -0.671. The van der Waals surface area contributed by atoms with E-state index >= 15 is 0 Å². The number of amides is 1. The molecule has 0 aliphatic rings. The highest BCUT2D eigenvalue weighted by Gasteiger charge is 2.20. The summed E-state index contributed by atoms with van der Waals surface area (Å²) in [6.07, 6.45) is 61.5. The fourth-order valence-electron chi connectivity index (χ4n) is 8.49. The lowest BCUT2D eigenvalue weighted by atomic mass is 10.0. The third-order valence-electron chi connectivity index (χ3n) is 12.8. The minimum absolute atomic E-state index is 0.0154. The van der Waals surface area contributed by atoms with Gasteiger partial charge in [-0.2, -0.15) is 0 Å². The Morgan fingerprint density at radius 2 is 0.806 bits per heavy atom. The second-order valence-electron chi connectivity index (χ2n) is 18.9. The maximum Gasteiger partial charge on any atom is 0.305 e. The van der Waals surface area contributed by atoms with E-state index in [1.807, 2.05) is 0 Å². The molecule has 0 saturated heterocycles. The molecular formula is C56H107NO5. The Balaban J connectivity index is 3.45. The molecule has 6 nitrogen and oxygen atoms in total. The van der Waals surface area contributed by atoms with Crippen LogP contribution in [-0.4, -0.2) is 47.4 Å². The van der Waals surface area contributed by atoms with E-state index in [2.05, 4.69) is 43.5 Å². The highest BCUT2D eigenvalue weighted by atomic mass is 16.5. The summed E-state index contributed by atoms with van der Waals surface area (Å²) < 4.78 is 5.47. The van der Waals surface area contributed by atoms with E-state index < -0.39 is 12.1 Å². The first-order valence-corrected chi connectivity index (χ1v) is 27.6. The van der Waals surface area contributed by atoms with Gasteiger partial charge in [0.1, 0.15) is 0 Å². The van der Waals surface area contributed by atoms with Gasteiger partial charge in [-0.15, -0.1) is 0 Å². The molecule has 0 aromatic heterocycles. The maximum atomic E-state index is 12.5. The zero-order valence-electron chi connectivity index (χ0n) is 41.6. The molecule has 366 valence electrons. The van der Waals surface area contributed by atoms with Crippen molar-refractivity contribution in [1.29, 1.82) is 0 Å². The Morgan fingerprint density at radius 1 is 0.452 bits per heavy atom. The van der Waals surface area contributed by atoms with Gasteiger partial charge in [0.2, 0.25) is 5.91 Å². The molecule has 0 spiro atoms. The van der Waals surface area contributed by atoms with E-state index in [1.54, 1.807) is 0 Å². The Kier molecular flexibility index (Phi) is 50.6. The van der Waals surface area contributed by atoms with Crippen LogP contribution < -0.4 is 5.32 Å². The van der Waals surface area contributed by atoms with Gasteiger partial charge in [-0.3, -0.25) is 9.59 Å². The van der Waals surface area contributed by atoms with Crippen LogP contribution in [0.2, 0.25) is 0 Å². The molecule has 0 radical (unpaired) electrons. The van der Waals surface area contributed by atoms with Crippen LogP contribution in [0.25, 0.3) is 0 Å². The Morgan fingerprint density at radius 3 is 1.24 bits per heavy atom. The number of esters is 1. The molecular weight excluding hydrogens is 767 g/mol. The van der Waals surface area contributed by atoms with E-state index in [4.69, 9.17) is 4.74 Å². The normalized spacial score (nSPS) is 12.8. The summed E-state index contributed by atoms with van der Waals surface area (Å²) in [5.74, 6) is -0.0604. The largest absolute Gasteiger partial charge is 0.466 e. The van der Waals surface area contributed by atoms with Gasteiger partial charge in [0.05, 0.1) is 25.4 Å². The molecule has 0 aliphatic heterocycles. The van der Waals surface area contributed by atoms with Crippen molar-refractivity contribution in [2.24, 2.45) is 0 Å². The van der Waals surface area contributed by atoms with E-state index in [0.717, 1.165) is 57.8 Å². The molecule has 0 heterocycles. The van der Waals surface area contributed by atoms with Crippen LogP contribution in [0.4, 0.5) is 0 Å². The number of allylic oxidation sites excluding steroid dienone is 4. The van der Waals surface area contributed by atoms with Gasteiger partial charge in [0.15, 0.2) is 0 Å². The topological polar surface area (TPSA) is 95.9 Å². The number of hydrogen-bond donors (Lipinski definition) is 3. The zero-order valence-corrected chi connectivity index (χ0v) is 41.6. The summed E-state index contributed by atoms with van der Waals surface area (Å²) in [5.41, 5.74) is 0. The molecule has 62 heavy (non-hydrogen) atoms. The van der Waals surface area contributed by atoms with Gasteiger partial charge in [-0.1, -0.05) is 250 Å². The SMILES string of the molecule is CCCCCC/C=C\C/C=C\CCCCCCCC(=O)OCCCCCCCCCCCCCCCCC(=O)NC(CO)C(O)CCCCCCCCCCCCCCCCC. The minimum Gasteiger partial charge on any atom is -0.466 e. The summed E-state index contributed by atoms with van der Waals surface area (Å²) in [6, 6.07) is -0.549. The second kappa shape index (κ2) is 52.0. The quantitative estimate of drug-likeness (QED) is 0.0321. The van der Waals surface area contributed by atoms with Crippen LogP contribution >= 0.6 is 0 Å². The van der Waals surface area contributed by atoms with Gasteiger partial charge in [0.25, 0.3) is 0 Å². The number of aliphatic hydroxyl groups excluding tert-OH is 2. The van der Waals surface area contributed by atoms with Crippen molar-refractivity contribution in [3.63, 3.8) is 0 Å². The summed E-state index contributed by atoms with van der Waals surface area (Å²) in [5, 5.41) is 23.2. The van der Waals surface area contributed by atoms with Crippen molar-refractivity contribution in [3.05, 3.63) is 24.3 Å². The predicted molar refractivity (Wildman–Crippen MR) is 269 cm³/mol. The van der Waals surface area contributed by atoms with Crippen molar-refractivity contribution < 1.29 is 24.5 Å². The van der Waals surface area contributed by atoms with Gasteiger partial charge in [-0.25, -0.2) is 0 Å². The number of rotatable bonds is 51. The van der Waals surface area contributed by atoms with E-state index in [0.29, 0.717) is 25.9 Å². The molecule has 6 heteroatoms. The Labute approximate surface area is 386 Å². The van der Waals surface area contributed by atoms with Gasteiger partial charge >= 0.3 is 5.97 Å². The molecule has 2 atom stereocenters. The fraction of sp³-hybridized carbons (Fsp3) is 0.893. The molecule has 0 aromatic carbocycles. The number of nitrogens with one attached hydrogen (secondary N) is 1. The third-order valence-corrected chi connectivity index (χ3v) is 12.8. The molecule has 2 unspecified atom stereocenters. The lowest BCUT2D eigenvalue weighted by Gasteiger charge is -2.22. The summed E-state index contributed by atoms with van der Waals surface area (Å²) in [4.78, 5) is 24.5. The predicted octanol–water partition coefficient (Wildman–Crippen LogP) is 16.7. The number of carbonyl (C=O) groups is 2. The third kappa shape index (κ3) is 47.8. The highest BCUT2D eigenvalue weighted by molar-refractivity contribution is 5.76. The first-order chi connectivity index (χ1) is 30.5. The molecule has 0 saturated carbocycles. The number of carbonyl (C=O) groups excluding carboxylic acids is 2. The zero-order chi connectivity index (χ0) is 45.1. The molecule has 0 aromatic rings. The van der Waals surface area contributed by atoms with E-state index in [1.165, 1.54) is 205 Å². The van der Waals surface area contributed by atoms with E-state index in [9.17, 15) is 19.8 Å². The van der Waals surface area contributed by atoms with Crippen molar-refractivity contribution >= 4 is 11.9 Å². The lowest BCUT2D eigenvalue weighted by Crippen LogP contribution is -2.45. The average Bonchev–Trinajstić information content (AvgIpc) is 3.27. The van der Waals surface area contributed by atoms with Gasteiger partial charge in [0, 0.05) is 12.8 Å². The van der Waals surface area contributed by atoms with Crippen LogP contribution in [0.15, 0.2) is 24.3 Å². The Hall–Kier alpha value is -1.66. The molecule has 0 bridgehead atoms. The number of ether oxygens (including phenoxy) is 1. The van der Waals surface area contributed by atoms with Crippen molar-refractivity contribution in [3.8, 4) is 0 Å². The summed E-state index contributed by atoms with van der Waals surface area (Å²) in [6.45, 7) is 4.91. The molecule has 1 amide bonds. The Bertz CT molecular complexity index is 966. The van der Waals surface area contributed by atoms with Crippen LogP contribution in [0.5, 0.6) is 0 Å².